The van der Waals surface area contributed by atoms with Crippen molar-refractivity contribution in [1.82, 2.24) is 15.0 Å². The van der Waals surface area contributed by atoms with Gasteiger partial charge in [0.2, 0.25) is 5.88 Å². The van der Waals surface area contributed by atoms with E-state index in [0.29, 0.717) is 29.0 Å². The van der Waals surface area contributed by atoms with E-state index >= 15 is 0 Å². The zero-order chi connectivity index (χ0) is 18.4. The predicted molar refractivity (Wildman–Crippen MR) is 92.2 cm³/mol. The minimum absolute atomic E-state index is 0.130. The van der Waals surface area contributed by atoms with Gasteiger partial charge in [0.25, 0.3) is 5.91 Å². The quantitative estimate of drug-likeness (QED) is 0.695. The Balaban J connectivity index is 1.68. The summed E-state index contributed by atoms with van der Waals surface area (Å²) in [5.41, 5.74) is 5.35. The van der Waals surface area contributed by atoms with Crippen LogP contribution in [0.4, 0.5) is 0 Å². The molecule has 2 heterocycles. The molecule has 1 amide bonds. The first-order chi connectivity index (χ1) is 12.6. The summed E-state index contributed by atoms with van der Waals surface area (Å²) in [5, 5.41) is 0. The zero-order valence-electron chi connectivity index (χ0n) is 14.0. The number of carbonyl (C=O) groups is 1. The molecule has 0 aliphatic heterocycles. The molecule has 0 aliphatic carbocycles. The molecule has 3 rings (SSSR count). The van der Waals surface area contributed by atoms with Crippen LogP contribution in [0.15, 0.2) is 54.9 Å². The van der Waals surface area contributed by atoms with Crippen LogP contribution >= 0.6 is 0 Å². The Hall–Kier alpha value is -3.68. The number of ether oxygens (including phenoxy) is 3. The highest BCUT2D eigenvalue weighted by atomic mass is 16.5. The van der Waals surface area contributed by atoms with Crippen LogP contribution in [0.1, 0.15) is 16.3 Å². The summed E-state index contributed by atoms with van der Waals surface area (Å²) in [6.45, 7) is 0.182. The number of hydrogen-bond acceptors (Lipinski definition) is 7. The smallest absolute Gasteiger partial charge is 0.267 e. The number of nitrogens with two attached hydrogens (primary N) is 1. The molecule has 0 saturated heterocycles. The van der Waals surface area contributed by atoms with Gasteiger partial charge >= 0.3 is 0 Å². The van der Waals surface area contributed by atoms with E-state index < -0.39 is 5.91 Å². The summed E-state index contributed by atoms with van der Waals surface area (Å²) in [6, 6.07) is 11.8. The number of carbonyl (C=O) groups excluding carboxylic acids is 1. The van der Waals surface area contributed by atoms with Gasteiger partial charge in [0.05, 0.1) is 7.11 Å². The Labute approximate surface area is 149 Å². The molecule has 0 fully saturated rings. The number of methoxy groups -OCH3 is 1. The maximum atomic E-state index is 11.2. The molecule has 0 bridgehead atoms. The minimum atomic E-state index is -0.620. The van der Waals surface area contributed by atoms with Crippen molar-refractivity contribution >= 4 is 5.91 Å². The number of pyridine rings is 1. The number of nitrogens with zero attached hydrogens (tertiary/aromatic N) is 3. The first-order valence-electron chi connectivity index (χ1n) is 7.66. The van der Waals surface area contributed by atoms with Gasteiger partial charge in [0, 0.05) is 30.6 Å². The zero-order valence-corrected chi connectivity index (χ0v) is 14.0. The van der Waals surface area contributed by atoms with Crippen molar-refractivity contribution in [3.63, 3.8) is 0 Å². The molecule has 0 saturated carbocycles. The fraction of sp³-hybridized carbons (Fsp3) is 0.111. The molecule has 132 valence electrons. The second kappa shape index (κ2) is 7.93. The third kappa shape index (κ3) is 4.44. The highest BCUT2D eigenvalue weighted by Crippen LogP contribution is 2.25. The van der Waals surface area contributed by atoms with Crippen LogP contribution < -0.4 is 19.9 Å². The van der Waals surface area contributed by atoms with Gasteiger partial charge in [0.15, 0.2) is 5.82 Å². The molecule has 0 spiro atoms. The summed E-state index contributed by atoms with van der Waals surface area (Å²) in [4.78, 5) is 23.4. The number of primary amides is 1. The van der Waals surface area contributed by atoms with Crippen molar-refractivity contribution in [3.05, 3.63) is 66.4 Å². The van der Waals surface area contributed by atoms with Crippen LogP contribution in [-0.2, 0) is 6.61 Å². The summed E-state index contributed by atoms with van der Waals surface area (Å²) in [7, 11) is 1.54. The van der Waals surface area contributed by atoms with Gasteiger partial charge in [-0.05, 0) is 18.2 Å². The number of benzene rings is 1. The maximum Gasteiger partial charge on any atom is 0.267 e. The topological polar surface area (TPSA) is 109 Å². The fourth-order valence-electron chi connectivity index (χ4n) is 2.08. The second-order valence-corrected chi connectivity index (χ2v) is 5.12. The summed E-state index contributed by atoms with van der Waals surface area (Å²) >= 11 is 0. The minimum Gasteiger partial charge on any atom is -0.485 e. The van der Waals surface area contributed by atoms with E-state index in [2.05, 4.69) is 15.0 Å². The lowest BCUT2D eigenvalue weighted by atomic mass is 10.3. The molecule has 26 heavy (non-hydrogen) atoms. The molecule has 2 aromatic heterocycles. The van der Waals surface area contributed by atoms with Crippen LogP contribution in [0.5, 0.6) is 23.1 Å². The highest BCUT2D eigenvalue weighted by molar-refractivity contribution is 5.91. The van der Waals surface area contributed by atoms with Crippen LogP contribution in [0, 0.1) is 0 Å². The summed E-state index contributed by atoms with van der Waals surface area (Å²) in [6.07, 6.45) is 3.06. The number of rotatable bonds is 7. The third-order valence-corrected chi connectivity index (χ3v) is 3.28. The van der Waals surface area contributed by atoms with Gasteiger partial charge in [-0.1, -0.05) is 6.07 Å². The Morgan fingerprint density at radius 1 is 1.04 bits per heavy atom. The van der Waals surface area contributed by atoms with Crippen molar-refractivity contribution < 1.29 is 19.0 Å². The van der Waals surface area contributed by atoms with Crippen LogP contribution in [-0.4, -0.2) is 28.0 Å². The fourth-order valence-corrected chi connectivity index (χ4v) is 2.08. The van der Waals surface area contributed by atoms with E-state index in [0.717, 1.165) is 0 Å². The van der Waals surface area contributed by atoms with Gasteiger partial charge in [0.1, 0.15) is 29.5 Å². The van der Waals surface area contributed by atoms with Crippen LogP contribution in [0.2, 0.25) is 0 Å². The number of aromatic nitrogens is 3. The lowest BCUT2D eigenvalue weighted by Crippen LogP contribution is -2.12. The van der Waals surface area contributed by atoms with Crippen molar-refractivity contribution in [1.29, 1.82) is 0 Å². The van der Waals surface area contributed by atoms with E-state index in [-0.39, 0.29) is 12.3 Å². The normalized spacial score (nSPS) is 10.2. The molecular formula is C18H16N4O4. The molecule has 3 aromatic rings. The summed E-state index contributed by atoms with van der Waals surface area (Å²) < 4.78 is 16.5. The molecular weight excluding hydrogens is 336 g/mol. The van der Waals surface area contributed by atoms with Crippen molar-refractivity contribution in [2.45, 2.75) is 6.61 Å². The van der Waals surface area contributed by atoms with E-state index in [1.807, 2.05) is 0 Å². The molecule has 2 N–H and O–H groups in total. The predicted octanol–water partition coefficient (Wildman–Crippen LogP) is 2.35. The van der Waals surface area contributed by atoms with E-state index in [9.17, 15) is 4.79 Å². The van der Waals surface area contributed by atoms with Crippen molar-refractivity contribution in [2.24, 2.45) is 5.73 Å². The SMILES string of the molecule is COc1ccnc(COc2cccc(Oc3ccnc(C(N)=O)c3)c2)n1. The first kappa shape index (κ1) is 17.2. The Morgan fingerprint density at radius 3 is 2.62 bits per heavy atom. The standard InChI is InChI=1S/C18H16N4O4/c1-24-17-6-8-21-16(22-17)11-25-12-3-2-4-13(9-12)26-14-5-7-20-15(10-14)18(19)23/h2-10H,11H2,1H3,(H2,19,23). The lowest BCUT2D eigenvalue weighted by Gasteiger charge is -2.09. The van der Waals surface area contributed by atoms with Gasteiger partial charge < -0.3 is 19.9 Å². The molecule has 0 radical (unpaired) electrons. The Morgan fingerprint density at radius 2 is 1.81 bits per heavy atom. The van der Waals surface area contributed by atoms with Crippen LogP contribution in [0.3, 0.4) is 0 Å². The Kier molecular flexibility index (Phi) is 5.23. The van der Waals surface area contributed by atoms with Crippen LogP contribution in [0.25, 0.3) is 0 Å². The lowest BCUT2D eigenvalue weighted by molar-refractivity contribution is 0.0995. The molecule has 0 aliphatic rings. The average molecular weight is 352 g/mol. The van der Waals surface area contributed by atoms with Gasteiger partial charge in [-0.15, -0.1) is 0 Å². The molecule has 0 atom stereocenters. The molecule has 8 heteroatoms. The second-order valence-electron chi connectivity index (χ2n) is 5.12. The molecule has 8 nitrogen and oxygen atoms in total. The third-order valence-electron chi connectivity index (χ3n) is 3.28. The molecule has 1 aromatic carbocycles. The van der Waals surface area contributed by atoms with E-state index in [4.69, 9.17) is 19.9 Å². The van der Waals surface area contributed by atoms with Gasteiger partial charge in [-0.3, -0.25) is 9.78 Å². The highest BCUT2D eigenvalue weighted by Gasteiger charge is 2.06. The average Bonchev–Trinajstić information content (AvgIpc) is 2.67. The van der Waals surface area contributed by atoms with Crippen molar-refractivity contribution in [3.8, 4) is 23.1 Å². The van der Waals surface area contributed by atoms with Crippen molar-refractivity contribution in [2.75, 3.05) is 7.11 Å². The van der Waals surface area contributed by atoms with E-state index in [1.54, 1.807) is 42.6 Å². The van der Waals surface area contributed by atoms with E-state index in [1.165, 1.54) is 19.4 Å². The largest absolute Gasteiger partial charge is 0.485 e. The number of hydrogen-bond donors (Lipinski definition) is 1. The van der Waals surface area contributed by atoms with Gasteiger partial charge in [-0.25, -0.2) is 4.98 Å². The number of amides is 1. The summed E-state index contributed by atoms with van der Waals surface area (Å²) in [5.74, 6) is 1.91. The Bertz CT molecular complexity index is 917. The molecule has 0 unspecified atom stereocenters. The maximum absolute atomic E-state index is 11.2. The monoisotopic (exact) mass is 352 g/mol. The first-order valence-corrected chi connectivity index (χ1v) is 7.66. The van der Waals surface area contributed by atoms with Gasteiger partial charge in [-0.2, -0.15) is 4.98 Å².